The van der Waals surface area contributed by atoms with Crippen LogP contribution in [-0.4, -0.2) is 71.2 Å². The van der Waals surface area contributed by atoms with E-state index in [2.05, 4.69) is 9.94 Å². The highest BCUT2D eigenvalue weighted by Gasteiger charge is 2.51. The highest BCUT2D eigenvalue weighted by atomic mass is 19.4. The quantitative estimate of drug-likeness (QED) is 0.394. The molecule has 170 valence electrons. The van der Waals surface area contributed by atoms with Gasteiger partial charge in [0.1, 0.15) is 5.82 Å². The van der Waals surface area contributed by atoms with Crippen LogP contribution in [0.25, 0.3) is 0 Å². The molecule has 0 saturated carbocycles. The number of hydroxylamine groups is 1. The van der Waals surface area contributed by atoms with Crippen LogP contribution in [0.4, 0.5) is 26.3 Å². The van der Waals surface area contributed by atoms with Crippen molar-refractivity contribution >= 4 is 18.2 Å². The average molecular weight is 453 g/mol. The molecule has 2 atom stereocenters. The summed E-state index contributed by atoms with van der Waals surface area (Å²) in [4.78, 5) is 29.7. The molecule has 8 nitrogen and oxygen atoms in total. The van der Waals surface area contributed by atoms with Gasteiger partial charge < -0.3 is 20.4 Å². The van der Waals surface area contributed by atoms with Gasteiger partial charge in [0.15, 0.2) is 17.8 Å². The second kappa shape index (κ2) is 8.61. The van der Waals surface area contributed by atoms with Crippen LogP contribution in [0.1, 0.15) is 12.0 Å². The molecule has 3 rings (SSSR count). The Bertz CT molecular complexity index is 896. The summed E-state index contributed by atoms with van der Waals surface area (Å²) < 4.78 is 79.5. The number of hydrazone groups is 1. The van der Waals surface area contributed by atoms with Crippen molar-refractivity contribution < 1.29 is 40.8 Å². The average Bonchev–Trinajstić information content (AvgIpc) is 3.04. The van der Waals surface area contributed by atoms with E-state index in [0.29, 0.717) is 17.3 Å². The molecule has 0 bridgehead atoms. The number of hydrogen-bond acceptors (Lipinski definition) is 7. The number of nitrogens with two attached hydrogens (primary N) is 1. The second-order valence-corrected chi connectivity index (χ2v) is 6.97. The van der Waals surface area contributed by atoms with Gasteiger partial charge in [-0.3, -0.25) is 9.59 Å². The molecule has 0 spiro atoms. The Morgan fingerprint density at radius 3 is 2.55 bits per heavy atom. The molecule has 1 saturated heterocycles. The lowest BCUT2D eigenvalue weighted by Gasteiger charge is -2.40. The number of rotatable bonds is 6. The van der Waals surface area contributed by atoms with Gasteiger partial charge in [0.2, 0.25) is 11.7 Å². The minimum Gasteiger partial charge on any atom is -0.337 e. The highest BCUT2D eigenvalue weighted by molar-refractivity contribution is 5.89. The van der Waals surface area contributed by atoms with E-state index in [1.54, 1.807) is 0 Å². The fourth-order valence-electron chi connectivity index (χ4n) is 3.43. The van der Waals surface area contributed by atoms with Crippen LogP contribution in [0.3, 0.4) is 0 Å². The molecular weight excluding hydrogens is 436 g/mol. The third-order valence-corrected chi connectivity index (χ3v) is 4.84. The van der Waals surface area contributed by atoms with Gasteiger partial charge >= 0.3 is 12.6 Å². The van der Waals surface area contributed by atoms with Gasteiger partial charge in [-0.05, 0) is 18.1 Å². The number of nitrogens with zero attached hydrogens (tertiary/aromatic N) is 4. The number of halogens is 6. The van der Waals surface area contributed by atoms with Crippen LogP contribution >= 0.6 is 0 Å². The fraction of sp³-hybridized carbons (Fsp3) is 0.471. The number of piperazine rings is 1. The van der Waals surface area contributed by atoms with Gasteiger partial charge in [0.05, 0.1) is 6.54 Å². The highest BCUT2D eigenvalue weighted by Crippen LogP contribution is 2.30. The monoisotopic (exact) mass is 453 g/mol. The minimum atomic E-state index is -4.79. The lowest BCUT2D eigenvalue weighted by atomic mass is 10.0. The summed E-state index contributed by atoms with van der Waals surface area (Å²) in [6, 6.07) is 0.0628. The van der Waals surface area contributed by atoms with E-state index in [0.717, 1.165) is 4.90 Å². The van der Waals surface area contributed by atoms with E-state index in [-0.39, 0.29) is 44.5 Å². The van der Waals surface area contributed by atoms with Crippen LogP contribution in [0.15, 0.2) is 17.2 Å². The van der Waals surface area contributed by atoms with E-state index in [1.165, 1.54) is 4.90 Å². The molecule has 31 heavy (non-hydrogen) atoms. The summed E-state index contributed by atoms with van der Waals surface area (Å²) >= 11 is 0. The number of amidine groups is 1. The second-order valence-electron chi connectivity index (χ2n) is 6.97. The van der Waals surface area contributed by atoms with Crippen molar-refractivity contribution in [2.75, 3.05) is 19.6 Å². The predicted octanol–water partition coefficient (Wildman–Crippen LogP) is 1.11. The van der Waals surface area contributed by atoms with Crippen molar-refractivity contribution in [3.63, 3.8) is 0 Å². The van der Waals surface area contributed by atoms with Crippen LogP contribution < -0.4 is 5.73 Å². The number of amides is 1. The van der Waals surface area contributed by atoms with Crippen molar-refractivity contribution in [1.29, 1.82) is 0 Å². The Kier molecular flexibility index (Phi) is 6.29. The molecule has 2 N–H and O–H groups in total. The van der Waals surface area contributed by atoms with E-state index in [1.807, 2.05) is 0 Å². The Morgan fingerprint density at radius 1 is 1.23 bits per heavy atom. The third-order valence-electron chi connectivity index (χ3n) is 4.84. The number of carbonyl (C=O) groups excluding carboxylic acids is 2. The molecule has 0 radical (unpaired) electrons. The van der Waals surface area contributed by atoms with Gasteiger partial charge in [-0.25, -0.2) is 13.2 Å². The summed E-state index contributed by atoms with van der Waals surface area (Å²) in [6.45, 7) is -0.692. The SMILES string of the molecule is N[C@@H](CC(=O)N1CCN2C(C(F)(F)F)=NN(OC=O)C2C1)Cc1cc(F)c(F)cc1F. The van der Waals surface area contributed by atoms with Crippen molar-refractivity contribution in [2.24, 2.45) is 10.8 Å². The molecule has 2 aliphatic heterocycles. The van der Waals surface area contributed by atoms with Gasteiger partial charge in [-0.1, -0.05) is 5.17 Å². The largest absolute Gasteiger partial charge is 0.451 e. The van der Waals surface area contributed by atoms with Crippen LogP contribution in [0.2, 0.25) is 0 Å². The predicted molar refractivity (Wildman–Crippen MR) is 92.2 cm³/mol. The molecule has 1 amide bonds. The first kappa shape index (κ1) is 22.7. The maximum atomic E-state index is 13.8. The minimum absolute atomic E-state index is 0.0892. The standard InChI is InChI=1S/C17H17F6N5O3/c18-11-6-13(20)12(19)4-9(11)3-10(24)5-15(30)26-1-2-27-14(7-26)28(31-8-29)25-16(27)17(21,22)23/h4,6,8,10,14H,1-3,5,7,24H2/t10-,14?/m1/s1. The van der Waals surface area contributed by atoms with E-state index in [4.69, 9.17) is 5.73 Å². The van der Waals surface area contributed by atoms with E-state index in [9.17, 15) is 35.9 Å². The number of benzene rings is 1. The zero-order chi connectivity index (χ0) is 22.9. The number of alkyl halides is 3. The first-order valence-electron chi connectivity index (χ1n) is 9.00. The van der Waals surface area contributed by atoms with Crippen molar-refractivity contribution in [1.82, 2.24) is 15.0 Å². The fourth-order valence-corrected chi connectivity index (χ4v) is 3.43. The zero-order valence-corrected chi connectivity index (χ0v) is 15.8. The molecule has 1 fully saturated rings. The molecule has 2 aliphatic rings. The molecule has 0 aliphatic carbocycles. The Balaban J connectivity index is 1.64. The number of carbonyl (C=O) groups is 2. The molecular formula is C17H17F6N5O3. The molecule has 1 aromatic carbocycles. The normalized spacial score (nSPS) is 19.8. The molecule has 0 aromatic heterocycles. The Morgan fingerprint density at radius 2 is 1.90 bits per heavy atom. The van der Waals surface area contributed by atoms with E-state index < -0.39 is 47.6 Å². The summed E-state index contributed by atoms with van der Waals surface area (Å²) in [5, 5.41) is 3.72. The Labute approximate surface area is 171 Å². The van der Waals surface area contributed by atoms with Crippen LogP contribution in [0.5, 0.6) is 0 Å². The number of fused-ring (bicyclic) bond motifs is 1. The summed E-state index contributed by atoms with van der Waals surface area (Å²) in [5.41, 5.74) is 5.62. The first-order valence-corrected chi connectivity index (χ1v) is 9.00. The van der Waals surface area contributed by atoms with Crippen LogP contribution in [0, 0.1) is 17.5 Å². The summed E-state index contributed by atoms with van der Waals surface area (Å²) in [6.07, 6.45) is -6.56. The third kappa shape index (κ3) is 4.84. The van der Waals surface area contributed by atoms with Crippen molar-refractivity contribution in [2.45, 2.75) is 31.2 Å². The molecule has 1 unspecified atom stereocenters. The lowest BCUT2D eigenvalue weighted by molar-refractivity contribution is -0.198. The smallest absolute Gasteiger partial charge is 0.337 e. The zero-order valence-electron chi connectivity index (χ0n) is 15.8. The van der Waals surface area contributed by atoms with Crippen molar-refractivity contribution in [3.05, 3.63) is 35.1 Å². The maximum absolute atomic E-state index is 13.8. The van der Waals surface area contributed by atoms with Gasteiger partial charge in [0, 0.05) is 31.6 Å². The first-order chi connectivity index (χ1) is 14.5. The van der Waals surface area contributed by atoms with E-state index >= 15 is 0 Å². The number of hydrogen-bond donors (Lipinski definition) is 1. The van der Waals surface area contributed by atoms with Crippen molar-refractivity contribution in [3.8, 4) is 0 Å². The summed E-state index contributed by atoms with van der Waals surface area (Å²) in [7, 11) is 0. The molecule has 1 aromatic rings. The summed E-state index contributed by atoms with van der Waals surface area (Å²) in [5.74, 6) is -5.44. The molecule has 14 heteroatoms. The Hall–Kier alpha value is -3.03. The van der Waals surface area contributed by atoms with Gasteiger partial charge in [-0.15, -0.1) is 5.10 Å². The van der Waals surface area contributed by atoms with Gasteiger partial charge in [0.25, 0.3) is 0 Å². The maximum Gasteiger partial charge on any atom is 0.451 e. The van der Waals surface area contributed by atoms with Gasteiger partial charge in [-0.2, -0.15) is 13.2 Å². The topological polar surface area (TPSA) is 91.5 Å². The molecule has 2 heterocycles. The lowest BCUT2D eigenvalue weighted by Crippen LogP contribution is -2.59. The van der Waals surface area contributed by atoms with Crippen LogP contribution in [-0.2, 0) is 20.8 Å².